The van der Waals surface area contributed by atoms with E-state index in [1.807, 2.05) is 0 Å². The van der Waals surface area contributed by atoms with E-state index in [4.69, 9.17) is 0 Å². The minimum Gasteiger partial charge on any atom is -0.386 e. The van der Waals surface area contributed by atoms with E-state index in [-0.39, 0.29) is 0 Å². The summed E-state index contributed by atoms with van der Waals surface area (Å²) in [6, 6.07) is 0. The van der Waals surface area contributed by atoms with Gasteiger partial charge in [-0.3, -0.25) is 0 Å². The minimum absolute atomic E-state index is 0.342. The van der Waals surface area contributed by atoms with Gasteiger partial charge in [-0.2, -0.15) is 0 Å². The molecule has 1 N–H and O–H groups in total. The molecule has 0 fully saturated rings. The second kappa shape index (κ2) is 33.0. The van der Waals surface area contributed by atoms with Gasteiger partial charge in [0.2, 0.25) is 0 Å². The van der Waals surface area contributed by atoms with Crippen molar-refractivity contribution in [2.75, 3.05) is 0 Å². The lowest BCUT2D eigenvalue weighted by molar-refractivity contribution is 0.261. The quantitative estimate of drug-likeness (QED) is 0.0770. The van der Waals surface area contributed by atoms with Crippen molar-refractivity contribution in [1.29, 1.82) is 0 Å². The normalized spacial score (nSPS) is 12.1. The molecule has 0 aliphatic heterocycles. The molecule has 1 heteroatoms. The number of allylic oxidation sites excluding steroid dienone is 1. The highest BCUT2D eigenvalue weighted by atomic mass is 14.9. The number of nitrogens with one attached hydrogen (secondary N) is 1. The molecule has 0 aliphatic carbocycles. The van der Waals surface area contributed by atoms with Crippen LogP contribution in [0, 0.1) is 0 Å². The largest absolute Gasteiger partial charge is 0.386 e. The van der Waals surface area contributed by atoms with E-state index in [1.165, 1.54) is 205 Å². The first-order chi connectivity index (χ1) is 19.7. The SMILES string of the molecule is CCCCCCCCCCCCC=CNC(CCCCCCCC)(CCCCCCCC)CCCCCCCC. The first-order valence-corrected chi connectivity index (χ1v) is 19.2. The zero-order valence-electron chi connectivity index (χ0n) is 28.8. The van der Waals surface area contributed by atoms with Crippen molar-refractivity contribution in [3.05, 3.63) is 12.3 Å². The van der Waals surface area contributed by atoms with Gasteiger partial charge in [-0.1, -0.05) is 207 Å². The molecule has 40 heavy (non-hydrogen) atoms. The summed E-state index contributed by atoms with van der Waals surface area (Å²) >= 11 is 0. The van der Waals surface area contributed by atoms with Crippen molar-refractivity contribution in [3.8, 4) is 0 Å². The van der Waals surface area contributed by atoms with Gasteiger partial charge in [0.1, 0.15) is 0 Å². The van der Waals surface area contributed by atoms with Crippen LogP contribution < -0.4 is 5.32 Å². The summed E-state index contributed by atoms with van der Waals surface area (Å²) in [5.41, 5.74) is 0.342. The maximum Gasteiger partial charge on any atom is 0.0368 e. The van der Waals surface area contributed by atoms with Crippen LogP contribution in [0.3, 0.4) is 0 Å². The third kappa shape index (κ3) is 27.7. The summed E-state index contributed by atoms with van der Waals surface area (Å²) in [6.45, 7) is 9.30. The van der Waals surface area contributed by atoms with Crippen molar-refractivity contribution in [2.45, 2.75) is 239 Å². The topological polar surface area (TPSA) is 12.0 Å². The van der Waals surface area contributed by atoms with E-state index >= 15 is 0 Å². The van der Waals surface area contributed by atoms with Crippen LogP contribution in [0.2, 0.25) is 0 Å². The zero-order valence-corrected chi connectivity index (χ0v) is 28.8. The Labute approximate surface area is 255 Å². The van der Waals surface area contributed by atoms with Crippen LogP contribution in [-0.2, 0) is 0 Å². The Hall–Kier alpha value is -0.460. The van der Waals surface area contributed by atoms with Gasteiger partial charge in [0.25, 0.3) is 0 Å². The van der Waals surface area contributed by atoms with Crippen LogP contribution in [0.15, 0.2) is 12.3 Å². The molecule has 240 valence electrons. The molecule has 0 amide bonds. The zero-order chi connectivity index (χ0) is 29.2. The molecule has 0 aromatic rings. The van der Waals surface area contributed by atoms with Crippen LogP contribution in [0.5, 0.6) is 0 Å². The van der Waals surface area contributed by atoms with Crippen LogP contribution in [0.4, 0.5) is 0 Å². The fraction of sp³-hybridized carbons (Fsp3) is 0.949. The molecule has 0 radical (unpaired) electrons. The molecular weight excluding hydrogens is 482 g/mol. The number of unbranched alkanes of at least 4 members (excludes halogenated alkanes) is 25. The molecule has 0 bridgehead atoms. The lowest BCUT2D eigenvalue weighted by Crippen LogP contribution is -2.42. The van der Waals surface area contributed by atoms with E-state index < -0.39 is 0 Å². The minimum atomic E-state index is 0.342. The van der Waals surface area contributed by atoms with Crippen molar-refractivity contribution in [3.63, 3.8) is 0 Å². The van der Waals surface area contributed by atoms with E-state index in [0.717, 1.165) is 0 Å². The number of hydrogen-bond donors (Lipinski definition) is 1. The maximum atomic E-state index is 4.09. The Morgan fingerprint density at radius 1 is 0.350 bits per heavy atom. The molecule has 0 aromatic heterocycles. The number of rotatable bonds is 34. The summed E-state index contributed by atoms with van der Waals surface area (Å²) in [4.78, 5) is 0. The van der Waals surface area contributed by atoms with E-state index in [9.17, 15) is 0 Å². The summed E-state index contributed by atoms with van der Waals surface area (Å²) in [5.74, 6) is 0. The first kappa shape index (κ1) is 39.5. The first-order valence-electron chi connectivity index (χ1n) is 19.2. The molecule has 0 atom stereocenters. The third-order valence-electron chi connectivity index (χ3n) is 9.26. The Balaban J connectivity index is 4.70. The van der Waals surface area contributed by atoms with Gasteiger partial charge in [-0.05, 0) is 38.3 Å². The van der Waals surface area contributed by atoms with Crippen molar-refractivity contribution in [2.24, 2.45) is 0 Å². The Kier molecular flexibility index (Phi) is 32.7. The lowest BCUT2D eigenvalue weighted by atomic mass is 9.81. The smallest absolute Gasteiger partial charge is 0.0368 e. The molecule has 0 heterocycles. The molecule has 0 rings (SSSR count). The Morgan fingerprint density at radius 3 is 0.950 bits per heavy atom. The predicted octanol–water partition coefficient (Wildman–Crippen LogP) is 14.4. The molecule has 0 saturated heterocycles. The van der Waals surface area contributed by atoms with Crippen molar-refractivity contribution >= 4 is 0 Å². The van der Waals surface area contributed by atoms with Crippen LogP contribution in [0.1, 0.15) is 233 Å². The summed E-state index contributed by atoms with van der Waals surface area (Å²) in [7, 11) is 0. The standard InChI is InChI=1S/C39H79N/c1-5-9-13-17-21-22-23-24-25-26-30-34-38-40-39(35-31-27-18-14-10-6-2,36-32-28-19-15-11-7-3)37-33-29-20-16-12-8-4/h34,38,40H,5-33,35-37H2,1-4H3. The molecular formula is C39H79N. The third-order valence-corrected chi connectivity index (χ3v) is 9.26. The fourth-order valence-corrected chi connectivity index (χ4v) is 6.39. The Morgan fingerprint density at radius 2 is 0.625 bits per heavy atom. The highest BCUT2D eigenvalue weighted by Crippen LogP contribution is 2.30. The molecule has 0 saturated carbocycles. The second-order valence-electron chi connectivity index (χ2n) is 13.4. The van der Waals surface area contributed by atoms with Crippen LogP contribution >= 0.6 is 0 Å². The predicted molar refractivity (Wildman–Crippen MR) is 185 cm³/mol. The summed E-state index contributed by atoms with van der Waals surface area (Å²) in [5, 5.41) is 4.09. The summed E-state index contributed by atoms with van der Waals surface area (Å²) < 4.78 is 0. The van der Waals surface area contributed by atoms with E-state index in [1.54, 1.807) is 0 Å². The average Bonchev–Trinajstić information content (AvgIpc) is 2.96. The molecule has 0 aliphatic rings. The Bertz CT molecular complexity index is 440. The van der Waals surface area contributed by atoms with Gasteiger partial charge in [0.15, 0.2) is 0 Å². The van der Waals surface area contributed by atoms with Gasteiger partial charge in [-0.15, -0.1) is 0 Å². The lowest BCUT2D eigenvalue weighted by Gasteiger charge is -2.35. The average molecular weight is 562 g/mol. The highest BCUT2D eigenvalue weighted by molar-refractivity contribution is 4.94. The maximum absolute atomic E-state index is 4.09. The molecule has 1 nitrogen and oxygen atoms in total. The van der Waals surface area contributed by atoms with Gasteiger partial charge in [0, 0.05) is 5.54 Å². The molecule has 0 spiro atoms. The molecule has 0 unspecified atom stereocenters. The molecule has 0 aromatic carbocycles. The number of hydrogen-bond acceptors (Lipinski definition) is 1. The van der Waals surface area contributed by atoms with Crippen LogP contribution in [0.25, 0.3) is 0 Å². The van der Waals surface area contributed by atoms with Gasteiger partial charge in [0.05, 0.1) is 0 Å². The van der Waals surface area contributed by atoms with Gasteiger partial charge in [-0.25, -0.2) is 0 Å². The summed E-state index contributed by atoms with van der Waals surface area (Å²) in [6.07, 6.45) is 50.0. The van der Waals surface area contributed by atoms with Crippen molar-refractivity contribution < 1.29 is 0 Å². The van der Waals surface area contributed by atoms with Crippen molar-refractivity contribution in [1.82, 2.24) is 5.32 Å². The van der Waals surface area contributed by atoms with E-state index in [2.05, 4.69) is 45.3 Å². The second-order valence-corrected chi connectivity index (χ2v) is 13.4. The van der Waals surface area contributed by atoms with Crippen LogP contribution in [-0.4, -0.2) is 5.54 Å². The highest BCUT2D eigenvalue weighted by Gasteiger charge is 2.27. The monoisotopic (exact) mass is 562 g/mol. The van der Waals surface area contributed by atoms with Gasteiger partial charge >= 0.3 is 0 Å². The van der Waals surface area contributed by atoms with Gasteiger partial charge < -0.3 is 5.32 Å². The fourth-order valence-electron chi connectivity index (χ4n) is 6.39. The van der Waals surface area contributed by atoms with E-state index in [0.29, 0.717) is 5.54 Å².